The summed E-state index contributed by atoms with van der Waals surface area (Å²) in [7, 11) is 0. The van der Waals surface area contributed by atoms with Crippen LogP contribution in [0, 0.1) is 0 Å². The molecule has 0 aliphatic carbocycles. The molecule has 7 aromatic carbocycles. The zero-order valence-corrected chi connectivity index (χ0v) is 22.7. The molecule has 0 atom stereocenters. The second kappa shape index (κ2) is 11.0. The summed E-state index contributed by atoms with van der Waals surface area (Å²) in [5, 5.41) is 6.09. The van der Waals surface area contributed by atoms with Gasteiger partial charge in [0.05, 0.1) is 0 Å². The maximum Gasteiger partial charge on any atom is 0.0384 e. The van der Waals surface area contributed by atoms with Gasteiger partial charge in [0.1, 0.15) is 0 Å². The molecule has 0 heterocycles. The highest BCUT2D eigenvalue weighted by atomic mass is 14.9. The number of benzene rings is 7. The summed E-state index contributed by atoms with van der Waals surface area (Å²) in [6.45, 7) is 0. The van der Waals surface area contributed by atoms with Crippen LogP contribution in [0.4, 0.5) is 11.4 Å². The first kappa shape index (κ1) is 24.6. The van der Waals surface area contributed by atoms with Gasteiger partial charge in [0, 0.05) is 11.4 Å². The van der Waals surface area contributed by atoms with Gasteiger partial charge in [-0.1, -0.05) is 133 Å². The SMILES string of the molecule is c1ccc(-c2ccc(-c3ccc(Nc4ccc(-c5ccc6ccccc6c5)cc4)cc3)cc2-c2ccccc2)cc1. The Morgan fingerprint density at radius 2 is 0.732 bits per heavy atom. The van der Waals surface area contributed by atoms with Crippen LogP contribution in [0.15, 0.2) is 170 Å². The fraction of sp³-hybridized carbons (Fsp3) is 0. The van der Waals surface area contributed by atoms with E-state index in [0.29, 0.717) is 0 Å². The molecule has 0 aliphatic rings. The van der Waals surface area contributed by atoms with Crippen LogP contribution in [0.25, 0.3) is 55.3 Å². The first-order valence-electron chi connectivity index (χ1n) is 14.0. The normalized spacial score (nSPS) is 10.9. The van der Waals surface area contributed by atoms with Crippen molar-refractivity contribution in [2.45, 2.75) is 0 Å². The lowest BCUT2D eigenvalue weighted by molar-refractivity contribution is 1.53. The molecule has 0 amide bonds. The molecule has 0 spiro atoms. The van der Waals surface area contributed by atoms with Gasteiger partial charge in [-0.3, -0.25) is 0 Å². The van der Waals surface area contributed by atoms with Crippen molar-refractivity contribution in [2.75, 3.05) is 5.32 Å². The highest BCUT2D eigenvalue weighted by Gasteiger charge is 2.10. The van der Waals surface area contributed by atoms with Crippen LogP contribution in [0.2, 0.25) is 0 Å². The molecule has 41 heavy (non-hydrogen) atoms. The lowest BCUT2D eigenvalue weighted by Crippen LogP contribution is -1.91. The molecular weight excluding hydrogens is 494 g/mol. The summed E-state index contributed by atoms with van der Waals surface area (Å²) in [6.07, 6.45) is 0. The van der Waals surface area contributed by atoms with Crippen molar-refractivity contribution in [1.82, 2.24) is 0 Å². The van der Waals surface area contributed by atoms with Gasteiger partial charge >= 0.3 is 0 Å². The molecule has 1 nitrogen and oxygen atoms in total. The van der Waals surface area contributed by atoms with Crippen LogP contribution in [0.5, 0.6) is 0 Å². The lowest BCUT2D eigenvalue weighted by atomic mass is 9.91. The van der Waals surface area contributed by atoms with Crippen molar-refractivity contribution in [3.05, 3.63) is 170 Å². The maximum atomic E-state index is 3.56. The summed E-state index contributed by atoms with van der Waals surface area (Å²) >= 11 is 0. The fourth-order valence-electron chi connectivity index (χ4n) is 5.48. The summed E-state index contributed by atoms with van der Waals surface area (Å²) < 4.78 is 0. The largest absolute Gasteiger partial charge is 0.356 e. The molecule has 0 aromatic heterocycles. The van der Waals surface area contributed by atoms with Gasteiger partial charge in [-0.25, -0.2) is 0 Å². The van der Waals surface area contributed by atoms with Gasteiger partial charge in [0.2, 0.25) is 0 Å². The lowest BCUT2D eigenvalue weighted by Gasteiger charge is -2.14. The summed E-state index contributed by atoms with van der Waals surface area (Å²) in [4.78, 5) is 0. The third-order valence-electron chi connectivity index (χ3n) is 7.66. The van der Waals surface area contributed by atoms with Crippen LogP contribution in [-0.2, 0) is 0 Å². The highest BCUT2D eigenvalue weighted by molar-refractivity contribution is 5.88. The number of rotatable bonds is 6. The smallest absolute Gasteiger partial charge is 0.0384 e. The minimum Gasteiger partial charge on any atom is -0.356 e. The first-order chi connectivity index (χ1) is 20.3. The van der Waals surface area contributed by atoms with Crippen molar-refractivity contribution >= 4 is 22.1 Å². The Balaban J connectivity index is 1.12. The molecule has 1 heteroatoms. The van der Waals surface area contributed by atoms with E-state index in [-0.39, 0.29) is 0 Å². The second-order valence-corrected chi connectivity index (χ2v) is 10.3. The first-order valence-corrected chi connectivity index (χ1v) is 14.0. The van der Waals surface area contributed by atoms with E-state index >= 15 is 0 Å². The minimum absolute atomic E-state index is 1.07. The maximum absolute atomic E-state index is 3.56. The molecule has 0 unspecified atom stereocenters. The Hall–Kier alpha value is -5.40. The minimum atomic E-state index is 1.07. The monoisotopic (exact) mass is 523 g/mol. The Bertz CT molecular complexity index is 1920. The van der Waals surface area contributed by atoms with Crippen molar-refractivity contribution in [1.29, 1.82) is 0 Å². The van der Waals surface area contributed by atoms with E-state index in [1.165, 1.54) is 55.3 Å². The van der Waals surface area contributed by atoms with Crippen LogP contribution in [-0.4, -0.2) is 0 Å². The van der Waals surface area contributed by atoms with Gasteiger partial charge in [-0.15, -0.1) is 0 Å². The topological polar surface area (TPSA) is 12.0 Å². The number of fused-ring (bicyclic) bond motifs is 1. The molecule has 0 aliphatic heterocycles. The van der Waals surface area contributed by atoms with E-state index in [0.717, 1.165) is 11.4 Å². The zero-order chi connectivity index (χ0) is 27.4. The Morgan fingerprint density at radius 3 is 1.34 bits per heavy atom. The van der Waals surface area contributed by atoms with E-state index in [2.05, 4.69) is 175 Å². The van der Waals surface area contributed by atoms with Crippen LogP contribution >= 0.6 is 0 Å². The number of hydrogen-bond acceptors (Lipinski definition) is 1. The van der Waals surface area contributed by atoms with E-state index in [9.17, 15) is 0 Å². The number of hydrogen-bond donors (Lipinski definition) is 1. The van der Waals surface area contributed by atoms with Crippen molar-refractivity contribution in [3.8, 4) is 44.5 Å². The second-order valence-electron chi connectivity index (χ2n) is 10.3. The highest BCUT2D eigenvalue weighted by Crippen LogP contribution is 2.36. The molecule has 0 bridgehead atoms. The van der Waals surface area contributed by atoms with Crippen LogP contribution < -0.4 is 5.32 Å². The molecule has 7 rings (SSSR count). The molecule has 1 N–H and O–H groups in total. The van der Waals surface area contributed by atoms with Crippen molar-refractivity contribution in [2.24, 2.45) is 0 Å². The predicted octanol–water partition coefficient (Wildman–Crippen LogP) is 11.3. The predicted molar refractivity (Wildman–Crippen MR) is 175 cm³/mol. The zero-order valence-electron chi connectivity index (χ0n) is 22.7. The van der Waals surface area contributed by atoms with E-state index in [1.807, 2.05) is 0 Å². The standard InChI is InChI=1S/C40H29N/c1-3-10-32(11-4-1)39-26-21-36(28-40(39)33-12-5-2-6-13-33)31-19-24-38(25-20-31)41-37-22-17-30(18-23-37)35-16-15-29-9-7-8-14-34(29)27-35/h1-28,41H. The number of nitrogens with one attached hydrogen (secondary N) is 1. The average molecular weight is 524 g/mol. The Labute approximate surface area is 241 Å². The van der Waals surface area contributed by atoms with Gasteiger partial charge in [-0.05, 0) is 91.7 Å². The quantitative estimate of drug-likeness (QED) is 0.229. The molecule has 7 aromatic rings. The third kappa shape index (κ3) is 5.26. The van der Waals surface area contributed by atoms with E-state index < -0.39 is 0 Å². The van der Waals surface area contributed by atoms with E-state index in [4.69, 9.17) is 0 Å². The van der Waals surface area contributed by atoms with Crippen molar-refractivity contribution in [3.63, 3.8) is 0 Å². The van der Waals surface area contributed by atoms with Crippen molar-refractivity contribution < 1.29 is 0 Å². The summed E-state index contributed by atoms with van der Waals surface area (Å²) in [5.41, 5.74) is 11.9. The molecule has 194 valence electrons. The summed E-state index contributed by atoms with van der Waals surface area (Å²) in [6, 6.07) is 60.5. The van der Waals surface area contributed by atoms with E-state index in [1.54, 1.807) is 0 Å². The number of anilines is 2. The van der Waals surface area contributed by atoms with Gasteiger partial charge in [-0.2, -0.15) is 0 Å². The fourth-order valence-corrected chi connectivity index (χ4v) is 5.48. The van der Waals surface area contributed by atoms with Gasteiger partial charge < -0.3 is 5.32 Å². The summed E-state index contributed by atoms with van der Waals surface area (Å²) in [5.74, 6) is 0. The van der Waals surface area contributed by atoms with Crippen LogP contribution in [0.3, 0.4) is 0 Å². The molecule has 0 saturated carbocycles. The average Bonchev–Trinajstić information content (AvgIpc) is 3.06. The molecule has 0 radical (unpaired) electrons. The molecular formula is C40H29N. The Kier molecular flexibility index (Phi) is 6.61. The molecule has 0 fully saturated rings. The molecule has 0 saturated heterocycles. The van der Waals surface area contributed by atoms with Crippen LogP contribution in [0.1, 0.15) is 0 Å². The Morgan fingerprint density at radius 1 is 0.268 bits per heavy atom. The third-order valence-corrected chi connectivity index (χ3v) is 7.66. The van der Waals surface area contributed by atoms with Gasteiger partial charge in [0.25, 0.3) is 0 Å². The van der Waals surface area contributed by atoms with Gasteiger partial charge in [0.15, 0.2) is 0 Å².